The van der Waals surface area contributed by atoms with Gasteiger partial charge in [-0.1, -0.05) is 42.5 Å². The lowest BCUT2D eigenvalue weighted by Crippen LogP contribution is -2.34. The molecule has 0 saturated heterocycles. The summed E-state index contributed by atoms with van der Waals surface area (Å²) in [5.41, 5.74) is 2.40. The molecule has 1 amide bonds. The third-order valence-corrected chi connectivity index (χ3v) is 4.41. The van der Waals surface area contributed by atoms with Crippen molar-refractivity contribution in [1.29, 1.82) is 0 Å². The summed E-state index contributed by atoms with van der Waals surface area (Å²) in [6.45, 7) is 0.572. The van der Waals surface area contributed by atoms with Crippen LogP contribution in [0.25, 0.3) is 0 Å². The molecule has 2 N–H and O–H groups in total. The van der Waals surface area contributed by atoms with Crippen LogP contribution in [-0.4, -0.2) is 24.7 Å². The quantitative estimate of drug-likeness (QED) is 0.568. The molecular weight excluding hydrogens is 384 g/mol. The lowest BCUT2D eigenvalue weighted by molar-refractivity contribution is 0.0977. The third-order valence-electron chi connectivity index (χ3n) is 4.20. The van der Waals surface area contributed by atoms with Gasteiger partial charge in [0.05, 0.1) is 19.4 Å². The SMILES string of the molecule is COc1ccccc1NC(=S)NC(=O)c1ccc(OCCc2ccccc2)cc1. The van der Waals surface area contributed by atoms with Crippen LogP contribution in [0.4, 0.5) is 5.69 Å². The van der Waals surface area contributed by atoms with Crippen molar-refractivity contribution in [3.05, 3.63) is 90.0 Å². The monoisotopic (exact) mass is 406 g/mol. The number of anilines is 1. The summed E-state index contributed by atoms with van der Waals surface area (Å²) < 4.78 is 11.0. The van der Waals surface area contributed by atoms with E-state index in [2.05, 4.69) is 22.8 Å². The second-order valence-corrected chi connectivity index (χ2v) is 6.63. The Hall–Kier alpha value is -3.38. The van der Waals surface area contributed by atoms with Gasteiger partial charge in [-0.25, -0.2) is 0 Å². The number of carbonyl (C=O) groups is 1. The molecule has 0 aliphatic carbocycles. The minimum atomic E-state index is -0.298. The van der Waals surface area contributed by atoms with Crippen molar-refractivity contribution in [1.82, 2.24) is 5.32 Å². The summed E-state index contributed by atoms with van der Waals surface area (Å²) in [5, 5.41) is 5.83. The summed E-state index contributed by atoms with van der Waals surface area (Å²) in [4.78, 5) is 12.4. The Morgan fingerprint density at radius 1 is 0.931 bits per heavy atom. The molecular formula is C23H22N2O3S. The van der Waals surface area contributed by atoms with Gasteiger partial charge in [0.2, 0.25) is 0 Å². The predicted molar refractivity (Wildman–Crippen MR) is 119 cm³/mol. The van der Waals surface area contributed by atoms with E-state index in [4.69, 9.17) is 21.7 Å². The van der Waals surface area contributed by atoms with Gasteiger partial charge in [0.25, 0.3) is 5.91 Å². The maximum absolute atomic E-state index is 12.4. The highest BCUT2D eigenvalue weighted by Gasteiger charge is 2.10. The summed E-state index contributed by atoms with van der Waals surface area (Å²) >= 11 is 5.23. The average molecular weight is 407 g/mol. The van der Waals surface area contributed by atoms with Crippen LogP contribution < -0.4 is 20.1 Å². The maximum atomic E-state index is 12.4. The van der Waals surface area contributed by atoms with Gasteiger partial charge in [0, 0.05) is 12.0 Å². The van der Waals surface area contributed by atoms with Crippen molar-refractivity contribution in [3.63, 3.8) is 0 Å². The van der Waals surface area contributed by atoms with Gasteiger partial charge >= 0.3 is 0 Å². The molecule has 0 heterocycles. The first kappa shape index (κ1) is 20.4. The molecule has 0 radical (unpaired) electrons. The predicted octanol–water partition coefficient (Wildman–Crippen LogP) is 4.44. The number of para-hydroxylation sites is 2. The fourth-order valence-corrected chi connectivity index (χ4v) is 2.91. The molecule has 5 nitrogen and oxygen atoms in total. The summed E-state index contributed by atoms with van der Waals surface area (Å²) in [5.74, 6) is 1.06. The molecule has 29 heavy (non-hydrogen) atoms. The minimum absolute atomic E-state index is 0.197. The number of nitrogens with one attached hydrogen (secondary N) is 2. The second-order valence-electron chi connectivity index (χ2n) is 6.22. The molecule has 3 rings (SSSR count). The van der Waals surface area contributed by atoms with Gasteiger partial charge in [-0.05, 0) is 54.2 Å². The minimum Gasteiger partial charge on any atom is -0.495 e. The fraction of sp³-hybridized carbons (Fsp3) is 0.130. The van der Waals surface area contributed by atoms with Crippen molar-refractivity contribution in [2.24, 2.45) is 0 Å². The zero-order valence-corrected chi connectivity index (χ0v) is 16.9. The van der Waals surface area contributed by atoms with Crippen LogP contribution >= 0.6 is 12.2 Å². The molecule has 3 aromatic carbocycles. The van der Waals surface area contributed by atoms with Crippen LogP contribution in [0.5, 0.6) is 11.5 Å². The Balaban J connectivity index is 1.50. The molecule has 0 bridgehead atoms. The number of hydrogen-bond acceptors (Lipinski definition) is 4. The van der Waals surface area contributed by atoms with E-state index in [1.807, 2.05) is 42.5 Å². The number of methoxy groups -OCH3 is 1. The molecule has 6 heteroatoms. The Kier molecular flexibility index (Phi) is 7.19. The van der Waals surface area contributed by atoms with Crippen molar-refractivity contribution in [2.75, 3.05) is 19.0 Å². The molecule has 3 aromatic rings. The normalized spacial score (nSPS) is 10.1. The molecule has 0 fully saturated rings. The first-order valence-corrected chi connectivity index (χ1v) is 9.58. The van der Waals surface area contributed by atoms with Crippen LogP contribution in [-0.2, 0) is 6.42 Å². The molecule has 0 unspecified atom stereocenters. The van der Waals surface area contributed by atoms with Gasteiger partial charge in [0.1, 0.15) is 11.5 Å². The van der Waals surface area contributed by atoms with E-state index >= 15 is 0 Å². The Morgan fingerprint density at radius 2 is 1.62 bits per heavy atom. The average Bonchev–Trinajstić information content (AvgIpc) is 2.75. The van der Waals surface area contributed by atoms with Gasteiger partial charge < -0.3 is 14.8 Å². The van der Waals surface area contributed by atoms with E-state index in [-0.39, 0.29) is 11.0 Å². The molecule has 148 valence electrons. The number of benzene rings is 3. The van der Waals surface area contributed by atoms with Gasteiger partial charge in [0.15, 0.2) is 5.11 Å². The number of ether oxygens (including phenoxy) is 2. The van der Waals surface area contributed by atoms with E-state index in [9.17, 15) is 4.79 Å². The Labute approximate surface area is 175 Å². The highest BCUT2D eigenvalue weighted by molar-refractivity contribution is 7.80. The maximum Gasteiger partial charge on any atom is 0.257 e. The topological polar surface area (TPSA) is 59.6 Å². The van der Waals surface area contributed by atoms with Crippen LogP contribution in [0.3, 0.4) is 0 Å². The first-order chi connectivity index (χ1) is 14.2. The van der Waals surface area contributed by atoms with Crippen molar-refractivity contribution in [2.45, 2.75) is 6.42 Å². The smallest absolute Gasteiger partial charge is 0.257 e. The number of hydrogen-bond donors (Lipinski definition) is 2. The summed E-state index contributed by atoms with van der Waals surface area (Å²) in [7, 11) is 1.58. The van der Waals surface area contributed by atoms with Crippen LogP contribution in [0, 0.1) is 0 Å². The van der Waals surface area contributed by atoms with Gasteiger partial charge in [-0.15, -0.1) is 0 Å². The number of thiocarbonyl (C=S) groups is 1. The third kappa shape index (κ3) is 6.05. The van der Waals surface area contributed by atoms with Crippen LogP contribution in [0.2, 0.25) is 0 Å². The van der Waals surface area contributed by atoms with E-state index < -0.39 is 0 Å². The van der Waals surface area contributed by atoms with Gasteiger partial charge in [-0.2, -0.15) is 0 Å². The number of carbonyl (C=O) groups excluding carboxylic acids is 1. The van der Waals surface area contributed by atoms with Crippen molar-refractivity contribution >= 4 is 28.9 Å². The zero-order chi connectivity index (χ0) is 20.5. The highest BCUT2D eigenvalue weighted by atomic mass is 32.1. The lowest BCUT2D eigenvalue weighted by atomic mass is 10.2. The molecule has 0 aromatic heterocycles. The standard InChI is InChI=1S/C23H22N2O3S/c1-27-21-10-6-5-9-20(21)24-23(29)25-22(26)18-11-13-19(14-12-18)28-16-15-17-7-3-2-4-8-17/h2-14H,15-16H2,1H3,(H2,24,25,26,29). The van der Waals surface area contributed by atoms with Crippen molar-refractivity contribution < 1.29 is 14.3 Å². The van der Waals surface area contributed by atoms with E-state index in [0.717, 1.165) is 6.42 Å². The van der Waals surface area contributed by atoms with E-state index in [0.29, 0.717) is 29.4 Å². The largest absolute Gasteiger partial charge is 0.495 e. The summed E-state index contributed by atoms with van der Waals surface area (Å²) in [6, 6.07) is 24.4. The Morgan fingerprint density at radius 3 is 2.34 bits per heavy atom. The molecule has 0 saturated carbocycles. The van der Waals surface area contributed by atoms with Crippen molar-refractivity contribution in [3.8, 4) is 11.5 Å². The molecule has 0 aliphatic heterocycles. The zero-order valence-electron chi connectivity index (χ0n) is 16.1. The Bertz CT molecular complexity index is 959. The highest BCUT2D eigenvalue weighted by Crippen LogP contribution is 2.22. The molecule has 0 atom stereocenters. The fourth-order valence-electron chi connectivity index (χ4n) is 2.71. The lowest BCUT2D eigenvalue weighted by Gasteiger charge is -2.12. The van der Waals surface area contributed by atoms with Gasteiger partial charge in [-0.3, -0.25) is 10.1 Å². The van der Waals surface area contributed by atoms with E-state index in [1.54, 1.807) is 31.4 Å². The summed E-state index contributed by atoms with van der Waals surface area (Å²) in [6.07, 6.45) is 0.825. The second kappa shape index (κ2) is 10.2. The molecule has 0 aliphatic rings. The number of rotatable bonds is 7. The van der Waals surface area contributed by atoms with Crippen LogP contribution in [0.15, 0.2) is 78.9 Å². The van der Waals surface area contributed by atoms with E-state index in [1.165, 1.54) is 5.56 Å². The molecule has 0 spiro atoms. The number of amides is 1. The first-order valence-electron chi connectivity index (χ1n) is 9.18. The van der Waals surface area contributed by atoms with Crippen LogP contribution in [0.1, 0.15) is 15.9 Å².